The molecule has 1 heterocycles. The first-order valence-electron chi connectivity index (χ1n) is 5.07. The highest BCUT2D eigenvalue weighted by Crippen LogP contribution is 2.21. The number of aromatic nitrogens is 1. The third kappa shape index (κ3) is 2.25. The summed E-state index contributed by atoms with van der Waals surface area (Å²) >= 11 is 0. The number of nitrogens with one attached hydrogen (secondary N) is 1. The van der Waals surface area contributed by atoms with E-state index in [1.165, 1.54) is 6.07 Å². The van der Waals surface area contributed by atoms with Crippen LogP contribution in [-0.2, 0) is 0 Å². The number of ether oxygens (including phenoxy) is 1. The van der Waals surface area contributed by atoms with Gasteiger partial charge < -0.3 is 9.72 Å². The van der Waals surface area contributed by atoms with Crippen molar-refractivity contribution < 1.29 is 9.53 Å². The van der Waals surface area contributed by atoms with Crippen molar-refractivity contribution in [3.8, 4) is 17.0 Å². The Balaban J connectivity index is 2.49. The molecule has 0 saturated carbocycles. The maximum absolute atomic E-state index is 11.5. The summed E-state index contributed by atoms with van der Waals surface area (Å²) < 4.78 is 5.10. The van der Waals surface area contributed by atoms with E-state index >= 15 is 0 Å². The van der Waals surface area contributed by atoms with Gasteiger partial charge in [0.1, 0.15) is 5.75 Å². The van der Waals surface area contributed by atoms with Crippen molar-refractivity contribution in [3.05, 3.63) is 52.3 Å². The molecule has 1 aromatic carbocycles. The van der Waals surface area contributed by atoms with E-state index in [1.807, 2.05) is 24.3 Å². The molecule has 0 aliphatic rings. The van der Waals surface area contributed by atoms with Crippen molar-refractivity contribution in [2.24, 2.45) is 0 Å². The number of carbonyl (C=O) groups is 1. The molecule has 0 aliphatic carbocycles. The van der Waals surface area contributed by atoms with Crippen LogP contribution in [0.1, 0.15) is 10.4 Å². The maximum Gasteiger partial charge on any atom is 0.258 e. The average molecular weight is 229 g/mol. The quantitative estimate of drug-likeness (QED) is 0.817. The number of aromatic amines is 1. The molecule has 0 bridgehead atoms. The minimum Gasteiger partial charge on any atom is -0.497 e. The molecule has 0 radical (unpaired) electrons. The minimum absolute atomic E-state index is 0.122. The molecule has 17 heavy (non-hydrogen) atoms. The van der Waals surface area contributed by atoms with E-state index in [0.29, 0.717) is 17.7 Å². The predicted molar refractivity (Wildman–Crippen MR) is 64.4 cm³/mol. The molecule has 0 aliphatic heterocycles. The summed E-state index contributed by atoms with van der Waals surface area (Å²) in [6.45, 7) is 0. The van der Waals surface area contributed by atoms with E-state index in [-0.39, 0.29) is 11.1 Å². The Hall–Kier alpha value is -2.36. The largest absolute Gasteiger partial charge is 0.497 e. The summed E-state index contributed by atoms with van der Waals surface area (Å²) in [5, 5.41) is 0. The Morgan fingerprint density at radius 1 is 1.24 bits per heavy atom. The molecule has 1 N–H and O–H groups in total. The Morgan fingerprint density at radius 3 is 2.71 bits per heavy atom. The van der Waals surface area contributed by atoms with Gasteiger partial charge in [0, 0.05) is 11.3 Å². The smallest absolute Gasteiger partial charge is 0.258 e. The van der Waals surface area contributed by atoms with Crippen LogP contribution in [0.15, 0.2) is 41.2 Å². The average Bonchev–Trinajstić information content (AvgIpc) is 2.38. The first-order chi connectivity index (χ1) is 8.24. The molecule has 0 fully saturated rings. The van der Waals surface area contributed by atoms with Crippen LogP contribution in [0.2, 0.25) is 0 Å². The van der Waals surface area contributed by atoms with Crippen LogP contribution in [0.3, 0.4) is 0 Å². The minimum atomic E-state index is -0.389. The first-order valence-corrected chi connectivity index (χ1v) is 5.07. The number of hydrogen-bond acceptors (Lipinski definition) is 3. The molecule has 2 aromatic rings. The Morgan fingerprint density at radius 2 is 2.06 bits per heavy atom. The summed E-state index contributed by atoms with van der Waals surface area (Å²) in [6, 6.07) is 10.5. The van der Waals surface area contributed by atoms with Gasteiger partial charge in [0.15, 0.2) is 6.29 Å². The zero-order chi connectivity index (χ0) is 12.3. The summed E-state index contributed by atoms with van der Waals surface area (Å²) in [5.41, 5.74) is 1.22. The summed E-state index contributed by atoms with van der Waals surface area (Å²) in [6.07, 6.45) is 0.536. The van der Waals surface area contributed by atoms with E-state index < -0.39 is 0 Å². The predicted octanol–water partition coefficient (Wildman–Crippen LogP) is 1.86. The number of rotatable bonds is 3. The maximum atomic E-state index is 11.5. The Kier molecular flexibility index (Phi) is 3.05. The summed E-state index contributed by atoms with van der Waals surface area (Å²) in [4.78, 5) is 24.7. The highest BCUT2D eigenvalue weighted by atomic mass is 16.5. The molecule has 86 valence electrons. The van der Waals surface area contributed by atoms with Crippen LogP contribution in [0.5, 0.6) is 5.75 Å². The molecular weight excluding hydrogens is 218 g/mol. The Labute approximate surface area is 97.9 Å². The molecule has 4 nitrogen and oxygen atoms in total. The van der Waals surface area contributed by atoms with E-state index in [0.717, 1.165) is 5.56 Å². The van der Waals surface area contributed by atoms with E-state index in [2.05, 4.69) is 4.98 Å². The van der Waals surface area contributed by atoms with Crippen molar-refractivity contribution >= 4 is 6.29 Å². The third-order valence-electron chi connectivity index (χ3n) is 2.45. The number of hydrogen-bond donors (Lipinski definition) is 1. The van der Waals surface area contributed by atoms with Gasteiger partial charge in [-0.3, -0.25) is 9.59 Å². The van der Waals surface area contributed by atoms with Crippen molar-refractivity contribution in [2.45, 2.75) is 0 Å². The summed E-state index contributed by atoms with van der Waals surface area (Å²) in [7, 11) is 1.58. The van der Waals surface area contributed by atoms with Crippen LogP contribution in [0, 0.1) is 0 Å². The van der Waals surface area contributed by atoms with Gasteiger partial charge in [-0.25, -0.2) is 0 Å². The number of pyridine rings is 1. The van der Waals surface area contributed by atoms with Gasteiger partial charge in [-0.2, -0.15) is 0 Å². The molecule has 0 amide bonds. The van der Waals surface area contributed by atoms with Gasteiger partial charge in [0.2, 0.25) is 0 Å². The van der Waals surface area contributed by atoms with Gasteiger partial charge >= 0.3 is 0 Å². The van der Waals surface area contributed by atoms with Crippen LogP contribution < -0.4 is 10.3 Å². The first kappa shape index (κ1) is 11.1. The number of H-pyrrole nitrogens is 1. The molecule has 0 spiro atoms. The lowest BCUT2D eigenvalue weighted by atomic mass is 10.1. The SMILES string of the molecule is COc1cccc(-c2ccc(C=O)c(=O)[nH]2)c1. The van der Waals surface area contributed by atoms with Crippen LogP contribution in [-0.4, -0.2) is 18.4 Å². The van der Waals surface area contributed by atoms with Gasteiger partial charge in [-0.05, 0) is 24.3 Å². The molecule has 0 saturated heterocycles. The summed E-state index contributed by atoms with van der Waals surface area (Å²) in [5.74, 6) is 0.711. The van der Waals surface area contributed by atoms with Crippen molar-refractivity contribution in [2.75, 3.05) is 7.11 Å². The molecule has 2 rings (SSSR count). The number of methoxy groups -OCH3 is 1. The topological polar surface area (TPSA) is 59.2 Å². The van der Waals surface area contributed by atoms with Crippen molar-refractivity contribution in [1.29, 1.82) is 0 Å². The Bertz CT molecular complexity index is 602. The molecule has 4 heteroatoms. The van der Waals surface area contributed by atoms with Crippen LogP contribution >= 0.6 is 0 Å². The number of carbonyl (C=O) groups excluding carboxylic acids is 1. The van der Waals surface area contributed by atoms with Gasteiger partial charge in [-0.15, -0.1) is 0 Å². The lowest BCUT2D eigenvalue weighted by molar-refractivity contribution is 0.112. The van der Waals surface area contributed by atoms with Crippen LogP contribution in [0.25, 0.3) is 11.3 Å². The highest BCUT2D eigenvalue weighted by molar-refractivity contribution is 5.75. The van der Waals surface area contributed by atoms with E-state index in [1.54, 1.807) is 13.2 Å². The molecule has 0 atom stereocenters. The standard InChI is InChI=1S/C13H11NO3/c1-17-11-4-2-3-9(7-11)12-6-5-10(8-15)13(16)14-12/h2-8H,1H3,(H,14,16). The van der Waals surface area contributed by atoms with Gasteiger partial charge in [0.25, 0.3) is 5.56 Å². The van der Waals surface area contributed by atoms with E-state index in [4.69, 9.17) is 4.74 Å². The fourth-order valence-electron chi connectivity index (χ4n) is 1.54. The van der Waals surface area contributed by atoms with Crippen molar-refractivity contribution in [3.63, 3.8) is 0 Å². The fraction of sp³-hybridized carbons (Fsp3) is 0.0769. The second-order valence-corrected chi connectivity index (χ2v) is 3.51. The number of aldehydes is 1. The second-order valence-electron chi connectivity index (χ2n) is 3.51. The van der Waals surface area contributed by atoms with Gasteiger partial charge in [-0.1, -0.05) is 12.1 Å². The number of benzene rings is 1. The second kappa shape index (κ2) is 4.65. The zero-order valence-electron chi connectivity index (χ0n) is 9.27. The monoisotopic (exact) mass is 229 g/mol. The third-order valence-corrected chi connectivity index (χ3v) is 2.45. The lowest BCUT2D eigenvalue weighted by Gasteiger charge is -2.04. The normalized spacial score (nSPS) is 9.94. The van der Waals surface area contributed by atoms with Crippen LogP contribution in [0.4, 0.5) is 0 Å². The van der Waals surface area contributed by atoms with E-state index in [9.17, 15) is 9.59 Å². The fourth-order valence-corrected chi connectivity index (χ4v) is 1.54. The zero-order valence-corrected chi connectivity index (χ0v) is 9.27. The van der Waals surface area contributed by atoms with Gasteiger partial charge in [0.05, 0.1) is 12.7 Å². The lowest BCUT2D eigenvalue weighted by Crippen LogP contribution is -2.11. The molecule has 0 unspecified atom stereocenters. The molecule has 1 aromatic heterocycles. The highest BCUT2D eigenvalue weighted by Gasteiger charge is 2.03. The van der Waals surface area contributed by atoms with Crippen molar-refractivity contribution in [1.82, 2.24) is 4.98 Å². The molecular formula is C13H11NO3.